The SMILES string of the molecule is CCn1ncc(Br)c1C(NN)c1cc(C)ccc1Br. The number of rotatable bonds is 4. The number of nitrogens with one attached hydrogen (secondary N) is 1. The molecule has 1 aromatic heterocycles. The molecule has 1 unspecified atom stereocenters. The van der Waals surface area contributed by atoms with Crippen LogP contribution in [0.25, 0.3) is 0 Å². The summed E-state index contributed by atoms with van der Waals surface area (Å²) in [7, 11) is 0. The van der Waals surface area contributed by atoms with E-state index in [-0.39, 0.29) is 6.04 Å². The Balaban J connectivity index is 2.56. The molecule has 102 valence electrons. The van der Waals surface area contributed by atoms with Crippen molar-refractivity contribution in [2.45, 2.75) is 26.4 Å². The molecule has 0 aliphatic rings. The van der Waals surface area contributed by atoms with E-state index >= 15 is 0 Å². The van der Waals surface area contributed by atoms with Crippen molar-refractivity contribution >= 4 is 31.9 Å². The first-order valence-corrected chi connectivity index (χ1v) is 7.60. The van der Waals surface area contributed by atoms with E-state index < -0.39 is 0 Å². The van der Waals surface area contributed by atoms with Crippen LogP contribution in [0.1, 0.15) is 29.8 Å². The minimum absolute atomic E-state index is 0.119. The van der Waals surface area contributed by atoms with E-state index in [1.165, 1.54) is 5.56 Å². The average Bonchev–Trinajstić information content (AvgIpc) is 2.76. The lowest BCUT2D eigenvalue weighted by atomic mass is 10.0. The number of hydrogen-bond acceptors (Lipinski definition) is 3. The van der Waals surface area contributed by atoms with Crippen LogP contribution in [-0.4, -0.2) is 9.78 Å². The number of hydrogen-bond donors (Lipinski definition) is 2. The molecular formula is C13H16Br2N4. The molecule has 6 heteroatoms. The fourth-order valence-electron chi connectivity index (χ4n) is 2.11. The second kappa shape index (κ2) is 6.17. The van der Waals surface area contributed by atoms with Gasteiger partial charge in [0.1, 0.15) is 0 Å². The number of nitrogens with two attached hydrogens (primary N) is 1. The third-order valence-corrected chi connectivity index (χ3v) is 4.37. The number of benzene rings is 1. The number of nitrogens with zero attached hydrogens (tertiary/aromatic N) is 2. The van der Waals surface area contributed by atoms with Crippen LogP contribution in [0, 0.1) is 6.92 Å². The van der Waals surface area contributed by atoms with Gasteiger partial charge in [0.15, 0.2) is 0 Å². The molecular weight excluding hydrogens is 372 g/mol. The Kier molecular flexibility index (Phi) is 4.78. The van der Waals surface area contributed by atoms with Gasteiger partial charge in [-0.1, -0.05) is 33.6 Å². The van der Waals surface area contributed by atoms with Gasteiger partial charge in [0.05, 0.1) is 22.4 Å². The van der Waals surface area contributed by atoms with Crippen LogP contribution in [-0.2, 0) is 6.54 Å². The predicted molar refractivity (Wildman–Crippen MR) is 83.6 cm³/mol. The van der Waals surface area contributed by atoms with Gasteiger partial charge < -0.3 is 0 Å². The summed E-state index contributed by atoms with van der Waals surface area (Å²) in [6, 6.07) is 6.10. The maximum absolute atomic E-state index is 5.77. The van der Waals surface area contributed by atoms with Crippen LogP contribution in [0.2, 0.25) is 0 Å². The van der Waals surface area contributed by atoms with Crippen molar-refractivity contribution in [2.75, 3.05) is 0 Å². The van der Waals surface area contributed by atoms with Crippen molar-refractivity contribution in [2.24, 2.45) is 5.84 Å². The van der Waals surface area contributed by atoms with Gasteiger partial charge in [-0.05, 0) is 41.4 Å². The molecule has 0 bridgehead atoms. The third-order valence-electron chi connectivity index (χ3n) is 3.04. The van der Waals surface area contributed by atoms with E-state index in [9.17, 15) is 0 Å². The maximum Gasteiger partial charge on any atom is 0.0900 e. The Morgan fingerprint density at radius 2 is 2.11 bits per heavy atom. The van der Waals surface area contributed by atoms with E-state index in [2.05, 4.69) is 68.4 Å². The standard InChI is InChI=1S/C13H16Br2N4/c1-3-19-13(11(15)7-17-19)12(18-16)9-6-8(2)4-5-10(9)14/h4-7,12,18H,3,16H2,1-2H3. The number of aromatic nitrogens is 2. The Hall–Kier alpha value is -0.690. The molecule has 0 aliphatic carbocycles. The molecule has 2 rings (SSSR count). The maximum atomic E-state index is 5.77. The molecule has 1 heterocycles. The van der Waals surface area contributed by atoms with E-state index in [0.717, 1.165) is 26.7 Å². The smallest absolute Gasteiger partial charge is 0.0900 e. The van der Waals surface area contributed by atoms with Gasteiger partial charge in [-0.2, -0.15) is 5.10 Å². The van der Waals surface area contributed by atoms with Crippen molar-refractivity contribution in [1.29, 1.82) is 0 Å². The monoisotopic (exact) mass is 386 g/mol. The quantitative estimate of drug-likeness (QED) is 0.625. The van der Waals surface area contributed by atoms with Crippen LogP contribution in [0.5, 0.6) is 0 Å². The van der Waals surface area contributed by atoms with Crippen molar-refractivity contribution in [3.8, 4) is 0 Å². The van der Waals surface area contributed by atoms with Gasteiger partial charge in [0.25, 0.3) is 0 Å². The van der Waals surface area contributed by atoms with E-state index in [0.29, 0.717) is 0 Å². The third kappa shape index (κ3) is 2.91. The Bertz CT molecular complexity index is 580. The van der Waals surface area contributed by atoms with E-state index in [1.54, 1.807) is 6.20 Å². The lowest BCUT2D eigenvalue weighted by molar-refractivity contribution is 0.540. The fraction of sp³-hybridized carbons (Fsp3) is 0.308. The molecule has 1 aromatic carbocycles. The summed E-state index contributed by atoms with van der Waals surface area (Å²) in [4.78, 5) is 0. The highest BCUT2D eigenvalue weighted by Gasteiger charge is 2.22. The summed E-state index contributed by atoms with van der Waals surface area (Å²) < 4.78 is 3.91. The molecule has 19 heavy (non-hydrogen) atoms. The molecule has 0 aliphatic heterocycles. The van der Waals surface area contributed by atoms with Crippen LogP contribution in [0.15, 0.2) is 33.3 Å². The molecule has 0 fully saturated rings. The molecule has 1 atom stereocenters. The first kappa shape index (κ1) is 14.7. The Morgan fingerprint density at radius 3 is 2.74 bits per heavy atom. The highest BCUT2D eigenvalue weighted by molar-refractivity contribution is 9.10. The topological polar surface area (TPSA) is 55.9 Å². The largest absolute Gasteiger partial charge is 0.271 e. The molecule has 2 aromatic rings. The predicted octanol–water partition coefficient (Wildman–Crippen LogP) is 3.29. The van der Waals surface area contributed by atoms with Crippen LogP contribution < -0.4 is 11.3 Å². The fourth-order valence-corrected chi connectivity index (χ4v) is 3.11. The van der Waals surface area contributed by atoms with Gasteiger partial charge in [0.2, 0.25) is 0 Å². The lowest BCUT2D eigenvalue weighted by Crippen LogP contribution is -2.31. The van der Waals surface area contributed by atoms with Gasteiger partial charge >= 0.3 is 0 Å². The molecule has 0 saturated heterocycles. The molecule has 3 N–H and O–H groups in total. The first-order valence-electron chi connectivity index (χ1n) is 6.01. The molecule has 4 nitrogen and oxygen atoms in total. The molecule has 0 radical (unpaired) electrons. The minimum atomic E-state index is -0.119. The minimum Gasteiger partial charge on any atom is -0.271 e. The highest BCUT2D eigenvalue weighted by atomic mass is 79.9. The number of halogens is 2. The van der Waals surface area contributed by atoms with Crippen molar-refractivity contribution in [3.63, 3.8) is 0 Å². The zero-order chi connectivity index (χ0) is 14.0. The van der Waals surface area contributed by atoms with Crippen molar-refractivity contribution in [1.82, 2.24) is 15.2 Å². The summed E-state index contributed by atoms with van der Waals surface area (Å²) in [5.74, 6) is 5.77. The van der Waals surface area contributed by atoms with Crippen molar-refractivity contribution < 1.29 is 0 Å². The Labute approximate surface area is 129 Å². The average molecular weight is 388 g/mol. The Morgan fingerprint density at radius 1 is 1.37 bits per heavy atom. The highest BCUT2D eigenvalue weighted by Crippen LogP contribution is 2.32. The summed E-state index contributed by atoms with van der Waals surface area (Å²) in [5, 5.41) is 4.34. The van der Waals surface area contributed by atoms with Gasteiger partial charge in [-0.25, -0.2) is 5.43 Å². The van der Waals surface area contributed by atoms with E-state index in [1.807, 2.05) is 10.7 Å². The van der Waals surface area contributed by atoms with Gasteiger partial charge in [-0.3, -0.25) is 10.5 Å². The van der Waals surface area contributed by atoms with Crippen LogP contribution >= 0.6 is 31.9 Å². The van der Waals surface area contributed by atoms with Crippen LogP contribution in [0.4, 0.5) is 0 Å². The zero-order valence-corrected chi connectivity index (χ0v) is 14.0. The van der Waals surface area contributed by atoms with E-state index in [4.69, 9.17) is 5.84 Å². The lowest BCUT2D eigenvalue weighted by Gasteiger charge is -2.20. The summed E-state index contributed by atoms with van der Waals surface area (Å²) in [5.41, 5.74) is 6.20. The molecule has 0 saturated carbocycles. The second-order valence-electron chi connectivity index (χ2n) is 4.32. The van der Waals surface area contributed by atoms with Crippen molar-refractivity contribution in [3.05, 3.63) is 50.2 Å². The van der Waals surface area contributed by atoms with Gasteiger partial charge in [0, 0.05) is 11.0 Å². The summed E-state index contributed by atoms with van der Waals surface area (Å²) >= 11 is 7.13. The summed E-state index contributed by atoms with van der Waals surface area (Å²) in [6.45, 7) is 4.92. The number of hydrazine groups is 1. The van der Waals surface area contributed by atoms with Crippen LogP contribution in [0.3, 0.4) is 0 Å². The van der Waals surface area contributed by atoms with Gasteiger partial charge in [-0.15, -0.1) is 0 Å². The first-order chi connectivity index (χ1) is 9.08. The zero-order valence-electron chi connectivity index (χ0n) is 10.8. The number of aryl methyl sites for hydroxylation is 2. The molecule has 0 amide bonds. The normalized spacial score (nSPS) is 12.7. The molecule has 0 spiro atoms. The second-order valence-corrected chi connectivity index (χ2v) is 6.03. The summed E-state index contributed by atoms with van der Waals surface area (Å²) in [6.07, 6.45) is 1.80.